The van der Waals surface area contributed by atoms with Crippen LogP contribution in [0.2, 0.25) is 10.0 Å². The van der Waals surface area contributed by atoms with Crippen LogP contribution in [0.4, 0.5) is 5.69 Å². The zero-order valence-corrected chi connectivity index (χ0v) is 12.5. The summed E-state index contributed by atoms with van der Waals surface area (Å²) in [6.07, 6.45) is 0. The lowest BCUT2D eigenvalue weighted by Crippen LogP contribution is -2.16. The third-order valence-electron chi connectivity index (χ3n) is 2.92. The molecule has 0 atom stereocenters. The van der Waals surface area contributed by atoms with Gasteiger partial charge >= 0.3 is 5.97 Å². The fraction of sp³-hybridized carbons (Fsp3) is 0.0667. The Bertz CT molecular complexity index is 709. The van der Waals surface area contributed by atoms with Gasteiger partial charge in [0.2, 0.25) is 0 Å². The van der Waals surface area contributed by atoms with Gasteiger partial charge in [0.25, 0.3) is 5.91 Å². The third-order valence-corrected chi connectivity index (χ3v) is 3.55. The zero-order chi connectivity index (χ0) is 15.6. The molecule has 0 aliphatic heterocycles. The second kappa shape index (κ2) is 6.16. The molecule has 0 unspecified atom stereocenters. The Hall–Kier alpha value is -2.04. The summed E-state index contributed by atoms with van der Waals surface area (Å²) >= 11 is 11.9. The van der Waals surface area contributed by atoms with Crippen molar-refractivity contribution in [1.82, 2.24) is 0 Å². The third kappa shape index (κ3) is 3.17. The molecule has 0 aliphatic rings. The molecule has 0 spiro atoms. The van der Waals surface area contributed by atoms with Gasteiger partial charge in [-0.05, 0) is 30.7 Å². The average Bonchev–Trinajstić information content (AvgIpc) is 2.37. The molecule has 0 fully saturated rings. The molecule has 0 bridgehead atoms. The summed E-state index contributed by atoms with van der Waals surface area (Å²) in [7, 11) is 0. The van der Waals surface area contributed by atoms with Gasteiger partial charge in [0.1, 0.15) is 0 Å². The van der Waals surface area contributed by atoms with Gasteiger partial charge in [-0.3, -0.25) is 4.79 Å². The number of hydrogen-bond donors (Lipinski definition) is 2. The quantitative estimate of drug-likeness (QED) is 0.887. The molecule has 1 amide bonds. The molecule has 0 heterocycles. The highest BCUT2D eigenvalue weighted by molar-refractivity contribution is 6.40. The van der Waals surface area contributed by atoms with E-state index in [0.717, 1.165) is 0 Å². The first kappa shape index (κ1) is 15.4. The average molecular weight is 324 g/mol. The molecule has 21 heavy (non-hydrogen) atoms. The van der Waals surface area contributed by atoms with Crippen molar-refractivity contribution in [3.8, 4) is 0 Å². The van der Waals surface area contributed by atoms with E-state index in [9.17, 15) is 14.7 Å². The SMILES string of the molecule is Cc1cccc(NC(=O)c2c(Cl)cccc2Cl)c1C(=O)O. The number of amides is 1. The number of aromatic carboxylic acids is 1. The molecule has 2 N–H and O–H groups in total. The van der Waals surface area contributed by atoms with Crippen LogP contribution in [-0.2, 0) is 0 Å². The van der Waals surface area contributed by atoms with E-state index in [1.807, 2.05) is 0 Å². The first-order valence-electron chi connectivity index (χ1n) is 6.00. The van der Waals surface area contributed by atoms with E-state index in [1.54, 1.807) is 25.1 Å². The monoisotopic (exact) mass is 323 g/mol. The van der Waals surface area contributed by atoms with Crippen molar-refractivity contribution in [1.29, 1.82) is 0 Å². The summed E-state index contributed by atoms with van der Waals surface area (Å²) in [6, 6.07) is 9.52. The van der Waals surface area contributed by atoms with Crippen LogP contribution in [0.3, 0.4) is 0 Å². The molecular weight excluding hydrogens is 313 g/mol. The topological polar surface area (TPSA) is 66.4 Å². The minimum absolute atomic E-state index is 0.0361. The number of halogens is 2. The van der Waals surface area contributed by atoms with Crippen LogP contribution in [0, 0.1) is 6.92 Å². The number of rotatable bonds is 3. The maximum Gasteiger partial charge on any atom is 0.338 e. The van der Waals surface area contributed by atoms with Crippen molar-refractivity contribution in [2.45, 2.75) is 6.92 Å². The molecular formula is C15H11Cl2NO3. The molecule has 108 valence electrons. The van der Waals surface area contributed by atoms with E-state index < -0.39 is 11.9 Å². The van der Waals surface area contributed by atoms with Gasteiger partial charge < -0.3 is 10.4 Å². The molecule has 2 aromatic rings. The number of carboxylic acid groups (broad SMARTS) is 1. The number of carbonyl (C=O) groups excluding carboxylic acids is 1. The number of carboxylic acids is 1. The molecule has 0 aromatic heterocycles. The standard InChI is InChI=1S/C15H11Cl2NO3/c1-8-4-2-7-11(12(8)15(20)21)18-14(19)13-9(16)5-3-6-10(13)17/h2-7H,1H3,(H,18,19)(H,20,21). The van der Waals surface area contributed by atoms with Crippen LogP contribution in [0.25, 0.3) is 0 Å². The van der Waals surface area contributed by atoms with E-state index in [2.05, 4.69) is 5.32 Å². The highest BCUT2D eigenvalue weighted by Gasteiger charge is 2.19. The van der Waals surface area contributed by atoms with Crippen LogP contribution in [0.5, 0.6) is 0 Å². The van der Waals surface area contributed by atoms with Crippen LogP contribution in [0.15, 0.2) is 36.4 Å². The lowest BCUT2D eigenvalue weighted by atomic mass is 10.1. The second-order valence-corrected chi connectivity index (χ2v) is 5.17. The molecule has 0 radical (unpaired) electrons. The van der Waals surface area contributed by atoms with E-state index in [0.29, 0.717) is 5.56 Å². The Morgan fingerprint density at radius 3 is 2.14 bits per heavy atom. The molecule has 6 heteroatoms. The largest absolute Gasteiger partial charge is 0.478 e. The minimum Gasteiger partial charge on any atom is -0.478 e. The Kier molecular flexibility index (Phi) is 4.50. The fourth-order valence-electron chi connectivity index (χ4n) is 1.96. The summed E-state index contributed by atoms with van der Waals surface area (Å²) in [5.41, 5.74) is 0.891. The predicted octanol–water partition coefficient (Wildman–Crippen LogP) is 4.25. The summed E-state index contributed by atoms with van der Waals surface area (Å²) in [5, 5.41) is 12.2. The Labute approximate surface area is 131 Å². The van der Waals surface area contributed by atoms with Gasteiger partial charge in [0.15, 0.2) is 0 Å². The van der Waals surface area contributed by atoms with Crippen molar-refractivity contribution in [3.05, 3.63) is 63.1 Å². The van der Waals surface area contributed by atoms with Crippen molar-refractivity contribution < 1.29 is 14.7 Å². The maximum absolute atomic E-state index is 12.3. The van der Waals surface area contributed by atoms with Gasteiger partial charge in [-0.25, -0.2) is 4.79 Å². The normalized spacial score (nSPS) is 10.2. The molecule has 0 aliphatic carbocycles. The van der Waals surface area contributed by atoms with Gasteiger partial charge in [-0.15, -0.1) is 0 Å². The van der Waals surface area contributed by atoms with Crippen molar-refractivity contribution >= 4 is 40.8 Å². The number of hydrogen-bond acceptors (Lipinski definition) is 2. The maximum atomic E-state index is 12.3. The molecule has 0 saturated carbocycles. The number of nitrogens with one attached hydrogen (secondary N) is 1. The summed E-state index contributed by atoms with van der Waals surface area (Å²) in [6.45, 7) is 1.65. The first-order chi connectivity index (χ1) is 9.91. The Morgan fingerprint density at radius 2 is 1.57 bits per heavy atom. The number of benzene rings is 2. The van der Waals surface area contributed by atoms with Crippen molar-refractivity contribution in [2.24, 2.45) is 0 Å². The van der Waals surface area contributed by atoms with Gasteiger partial charge in [0, 0.05) is 0 Å². The highest BCUT2D eigenvalue weighted by Crippen LogP contribution is 2.26. The van der Waals surface area contributed by atoms with Gasteiger partial charge in [-0.1, -0.05) is 41.4 Å². The van der Waals surface area contributed by atoms with Gasteiger partial charge in [0.05, 0.1) is 26.9 Å². The van der Waals surface area contributed by atoms with E-state index >= 15 is 0 Å². The molecule has 2 aromatic carbocycles. The number of aryl methyl sites for hydroxylation is 1. The molecule has 0 saturated heterocycles. The van der Waals surface area contributed by atoms with Crippen LogP contribution in [-0.4, -0.2) is 17.0 Å². The van der Waals surface area contributed by atoms with E-state index in [1.165, 1.54) is 18.2 Å². The summed E-state index contributed by atoms with van der Waals surface area (Å²) in [4.78, 5) is 23.6. The van der Waals surface area contributed by atoms with Crippen LogP contribution < -0.4 is 5.32 Å². The fourth-order valence-corrected chi connectivity index (χ4v) is 2.52. The Morgan fingerprint density at radius 1 is 1.00 bits per heavy atom. The first-order valence-corrected chi connectivity index (χ1v) is 6.75. The summed E-state index contributed by atoms with van der Waals surface area (Å²) < 4.78 is 0. The van der Waals surface area contributed by atoms with Gasteiger partial charge in [-0.2, -0.15) is 0 Å². The molecule has 4 nitrogen and oxygen atoms in total. The Balaban J connectivity index is 2.42. The second-order valence-electron chi connectivity index (χ2n) is 4.35. The lowest BCUT2D eigenvalue weighted by molar-refractivity contribution is 0.0697. The number of carbonyl (C=O) groups is 2. The smallest absolute Gasteiger partial charge is 0.338 e. The van der Waals surface area contributed by atoms with Crippen molar-refractivity contribution in [2.75, 3.05) is 5.32 Å². The molecule has 2 rings (SSSR count). The number of anilines is 1. The van der Waals surface area contributed by atoms with E-state index in [-0.39, 0.29) is 26.9 Å². The highest BCUT2D eigenvalue weighted by atomic mass is 35.5. The minimum atomic E-state index is -1.12. The lowest BCUT2D eigenvalue weighted by Gasteiger charge is -2.12. The van der Waals surface area contributed by atoms with Crippen LogP contribution >= 0.6 is 23.2 Å². The summed E-state index contributed by atoms with van der Waals surface area (Å²) in [5.74, 6) is -1.67. The van der Waals surface area contributed by atoms with Crippen molar-refractivity contribution in [3.63, 3.8) is 0 Å². The predicted molar refractivity (Wildman–Crippen MR) is 82.6 cm³/mol. The zero-order valence-electron chi connectivity index (χ0n) is 11.0. The van der Waals surface area contributed by atoms with E-state index in [4.69, 9.17) is 23.2 Å². The van der Waals surface area contributed by atoms with Crippen LogP contribution in [0.1, 0.15) is 26.3 Å².